The van der Waals surface area contributed by atoms with Crippen molar-refractivity contribution in [3.05, 3.63) is 113 Å². The van der Waals surface area contributed by atoms with Crippen molar-refractivity contribution in [2.75, 3.05) is 4.90 Å². The van der Waals surface area contributed by atoms with Gasteiger partial charge in [-0.1, -0.05) is 94.4 Å². The molecule has 3 aromatic heterocycles. The van der Waals surface area contributed by atoms with Crippen LogP contribution in [0.3, 0.4) is 0 Å². The third kappa shape index (κ3) is 3.44. The average Bonchev–Trinajstić information content (AvgIpc) is 3.75. The number of nitrogens with zero attached hydrogens (tertiary/aromatic N) is 2. The standard InChI is InChI=1S/C44H37BN2OS/c1-24-20-30-26-14-11-15-29-37-27-12-7-9-16-35(27)48-41(37)47(40(26)29)45-38(30)34(21-24)46(42-39(45)28-13-8-10-17-36(28)49-42)33-23-32-31(22-25(33)2)43(3,4)18-19-44(32,5)6/h7-17,20-23H,18-19H2,1-6H3. The number of aromatic nitrogens is 1. The molecule has 0 atom stereocenters. The molecule has 238 valence electrons. The van der Waals surface area contributed by atoms with Crippen LogP contribution in [-0.2, 0) is 10.8 Å². The van der Waals surface area contributed by atoms with Crippen molar-refractivity contribution in [1.82, 2.24) is 4.48 Å². The Hall–Kier alpha value is -4.74. The van der Waals surface area contributed by atoms with Gasteiger partial charge in [-0.2, -0.15) is 0 Å². The highest BCUT2D eigenvalue weighted by atomic mass is 32.1. The Labute approximate surface area is 290 Å². The van der Waals surface area contributed by atoms with Crippen molar-refractivity contribution >= 4 is 88.5 Å². The molecule has 0 saturated heterocycles. The highest BCUT2D eigenvalue weighted by molar-refractivity contribution is 7.26. The Morgan fingerprint density at radius 1 is 0.694 bits per heavy atom. The molecule has 0 bridgehead atoms. The summed E-state index contributed by atoms with van der Waals surface area (Å²) in [7, 11) is 0. The average molecular weight is 653 g/mol. The molecule has 0 amide bonds. The summed E-state index contributed by atoms with van der Waals surface area (Å²) < 4.78 is 10.8. The molecular formula is C44H37BN2OS. The molecule has 0 radical (unpaired) electrons. The number of rotatable bonds is 1. The molecule has 0 spiro atoms. The first-order valence-electron chi connectivity index (χ1n) is 17.7. The molecule has 5 heterocycles. The second kappa shape index (κ2) is 9.08. The van der Waals surface area contributed by atoms with E-state index in [1.54, 1.807) is 0 Å². The van der Waals surface area contributed by atoms with E-state index in [2.05, 4.69) is 142 Å². The van der Waals surface area contributed by atoms with Gasteiger partial charge in [0.05, 0.1) is 16.1 Å². The molecule has 5 aromatic carbocycles. The van der Waals surface area contributed by atoms with E-state index in [9.17, 15) is 0 Å². The first-order chi connectivity index (χ1) is 23.6. The van der Waals surface area contributed by atoms with Crippen molar-refractivity contribution in [3.8, 4) is 11.1 Å². The van der Waals surface area contributed by atoms with Gasteiger partial charge in [0.1, 0.15) is 5.58 Å². The zero-order valence-corrected chi connectivity index (χ0v) is 29.7. The van der Waals surface area contributed by atoms with Crippen molar-refractivity contribution < 1.29 is 4.42 Å². The number of anilines is 3. The fraction of sp³-hybridized carbons (Fsp3) is 0.227. The zero-order chi connectivity index (χ0) is 33.1. The van der Waals surface area contributed by atoms with E-state index in [4.69, 9.17) is 4.42 Å². The van der Waals surface area contributed by atoms with Gasteiger partial charge in [0.15, 0.2) is 5.71 Å². The quantitative estimate of drug-likeness (QED) is 0.165. The van der Waals surface area contributed by atoms with E-state index in [1.165, 1.54) is 105 Å². The van der Waals surface area contributed by atoms with Crippen LogP contribution < -0.4 is 15.8 Å². The number of furan rings is 1. The number of aryl methyl sites for hydroxylation is 2. The number of benzene rings is 5. The Morgan fingerprint density at radius 2 is 1.41 bits per heavy atom. The predicted octanol–water partition coefficient (Wildman–Crippen LogP) is 11.1. The zero-order valence-electron chi connectivity index (χ0n) is 28.9. The van der Waals surface area contributed by atoms with E-state index in [0.717, 1.165) is 11.3 Å². The van der Waals surface area contributed by atoms with E-state index in [-0.39, 0.29) is 17.7 Å². The minimum Gasteiger partial charge on any atom is -0.441 e. The minimum absolute atomic E-state index is 0.0169. The second-order valence-corrected chi connectivity index (χ2v) is 17.1. The lowest BCUT2D eigenvalue weighted by Crippen LogP contribution is -2.56. The molecule has 3 aliphatic rings. The first-order valence-corrected chi connectivity index (χ1v) is 18.5. The van der Waals surface area contributed by atoms with Crippen molar-refractivity contribution in [2.24, 2.45) is 0 Å². The maximum atomic E-state index is 6.87. The van der Waals surface area contributed by atoms with E-state index in [1.807, 2.05) is 11.3 Å². The summed E-state index contributed by atoms with van der Waals surface area (Å²) in [6.07, 6.45) is 2.41. The van der Waals surface area contributed by atoms with Crippen LogP contribution in [0, 0.1) is 13.8 Å². The number of hydrogen-bond acceptors (Lipinski definition) is 3. The van der Waals surface area contributed by atoms with Gasteiger partial charge in [-0.05, 0) is 106 Å². The maximum absolute atomic E-state index is 6.87. The summed E-state index contributed by atoms with van der Waals surface area (Å²) in [5, 5.41) is 6.32. The SMILES string of the molecule is Cc1cc2c3c(c1)N(c1cc4c(cc1C)C(C)(C)CCC4(C)C)c1sc4ccccc4c1B3n1c3oc4ccccc4c3c3cccc-2c31. The van der Waals surface area contributed by atoms with Gasteiger partial charge >= 0.3 is 6.85 Å². The molecule has 49 heavy (non-hydrogen) atoms. The maximum Gasteiger partial charge on any atom is 0.337 e. The van der Waals surface area contributed by atoms with Gasteiger partial charge in [-0.15, -0.1) is 11.3 Å². The highest BCUT2D eigenvalue weighted by Gasteiger charge is 2.46. The van der Waals surface area contributed by atoms with E-state index < -0.39 is 0 Å². The fourth-order valence-electron chi connectivity index (χ4n) is 9.69. The van der Waals surface area contributed by atoms with Gasteiger partial charge in [0.2, 0.25) is 0 Å². The van der Waals surface area contributed by atoms with Crippen LogP contribution in [0.1, 0.15) is 62.8 Å². The lowest BCUT2D eigenvalue weighted by Gasteiger charge is -2.44. The summed E-state index contributed by atoms with van der Waals surface area (Å²) >= 11 is 1.93. The van der Waals surface area contributed by atoms with Crippen LogP contribution in [0.5, 0.6) is 0 Å². The lowest BCUT2D eigenvalue weighted by molar-refractivity contribution is 0.332. The van der Waals surface area contributed by atoms with E-state index >= 15 is 0 Å². The van der Waals surface area contributed by atoms with Crippen molar-refractivity contribution in [1.29, 1.82) is 0 Å². The summed E-state index contributed by atoms with van der Waals surface area (Å²) in [5.41, 5.74) is 17.1. The van der Waals surface area contributed by atoms with Crippen LogP contribution in [0.2, 0.25) is 0 Å². The Bertz CT molecular complexity index is 2770. The monoisotopic (exact) mass is 652 g/mol. The first kappa shape index (κ1) is 28.1. The number of thiophene rings is 1. The lowest BCUT2D eigenvalue weighted by atomic mass is 9.45. The third-order valence-corrected chi connectivity index (χ3v) is 13.4. The normalized spacial score (nSPS) is 16.9. The van der Waals surface area contributed by atoms with E-state index in [0.29, 0.717) is 0 Å². The van der Waals surface area contributed by atoms with Crippen LogP contribution >= 0.6 is 11.3 Å². The van der Waals surface area contributed by atoms with Crippen LogP contribution in [0.25, 0.3) is 54.2 Å². The molecule has 0 fully saturated rings. The number of fused-ring (bicyclic) bond motifs is 12. The second-order valence-electron chi connectivity index (χ2n) is 16.1. The fourth-order valence-corrected chi connectivity index (χ4v) is 11.0. The van der Waals surface area contributed by atoms with Gasteiger partial charge < -0.3 is 13.8 Å². The molecule has 3 nitrogen and oxygen atoms in total. The number of hydrogen-bond donors (Lipinski definition) is 0. The molecule has 1 aliphatic carbocycles. The summed E-state index contributed by atoms with van der Waals surface area (Å²) in [6, 6.07) is 34.4. The molecule has 0 saturated carbocycles. The minimum atomic E-state index is -0.0169. The summed E-state index contributed by atoms with van der Waals surface area (Å²) in [6.45, 7) is 14.3. The third-order valence-electron chi connectivity index (χ3n) is 12.2. The van der Waals surface area contributed by atoms with Gasteiger partial charge in [0.25, 0.3) is 0 Å². The largest absolute Gasteiger partial charge is 0.441 e. The van der Waals surface area contributed by atoms with Crippen LogP contribution in [-0.4, -0.2) is 11.3 Å². The molecule has 8 aromatic rings. The Morgan fingerprint density at radius 3 is 2.22 bits per heavy atom. The summed E-state index contributed by atoms with van der Waals surface area (Å²) in [5.74, 6) is 0. The van der Waals surface area contributed by atoms with Crippen LogP contribution in [0.15, 0.2) is 95.4 Å². The molecule has 11 rings (SSSR count). The van der Waals surface area contributed by atoms with Crippen molar-refractivity contribution in [3.63, 3.8) is 0 Å². The van der Waals surface area contributed by atoms with Crippen LogP contribution in [0.4, 0.5) is 16.4 Å². The Balaban J connectivity index is 1.30. The Kier molecular flexibility index (Phi) is 5.21. The molecule has 5 heteroatoms. The molecule has 0 N–H and O–H groups in total. The predicted molar refractivity (Wildman–Crippen MR) is 210 cm³/mol. The molecule has 0 unspecified atom stereocenters. The van der Waals surface area contributed by atoms with Gasteiger partial charge in [-0.3, -0.25) is 0 Å². The molecule has 2 aliphatic heterocycles. The molecular weight excluding hydrogens is 615 g/mol. The van der Waals surface area contributed by atoms with Crippen molar-refractivity contribution in [2.45, 2.75) is 65.2 Å². The summed E-state index contributed by atoms with van der Waals surface area (Å²) in [4.78, 5) is 2.64. The highest BCUT2D eigenvalue weighted by Crippen LogP contribution is 2.53. The topological polar surface area (TPSA) is 21.3 Å². The van der Waals surface area contributed by atoms with Gasteiger partial charge in [-0.25, -0.2) is 0 Å². The number of para-hydroxylation sites is 2. The smallest absolute Gasteiger partial charge is 0.337 e. The van der Waals surface area contributed by atoms with Gasteiger partial charge in [0, 0.05) is 32.2 Å².